The number of amides is 2. The van der Waals surface area contributed by atoms with Crippen LogP contribution in [0.2, 0.25) is 0 Å². The van der Waals surface area contributed by atoms with Gasteiger partial charge in [0.05, 0.1) is 5.69 Å². The number of rotatable bonds is 1. The SMILES string of the molecule is Nc1cc(N)cc(N2C(=O)CC3(CCCCC3)CC2=O)c1. The van der Waals surface area contributed by atoms with E-state index in [-0.39, 0.29) is 17.2 Å². The molecule has 1 saturated heterocycles. The molecule has 0 radical (unpaired) electrons. The molecule has 1 spiro atoms. The highest BCUT2D eigenvalue weighted by molar-refractivity contribution is 6.17. The fraction of sp³-hybridized carbons (Fsp3) is 0.500. The Morgan fingerprint density at radius 3 is 1.90 bits per heavy atom. The number of imide groups is 1. The molecule has 1 saturated carbocycles. The zero-order valence-electron chi connectivity index (χ0n) is 12.1. The van der Waals surface area contributed by atoms with Crippen LogP contribution in [0.3, 0.4) is 0 Å². The summed E-state index contributed by atoms with van der Waals surface area (Å²) in [4.78, 5) is 26.3. The minimum Gasteiger partial charge on any atom is -0.399 e. The highest BCUT2D eigenvalue weighted by Gasteiger charge is 2.44. The predicted molar refractivity (Wildman–Crippen MR) is 82.5 cm³/mol. The van der Waals surface area contributed by atoms with Gasteiger partial charge in [0.25, 0.3) is 0 Å². The van der Waals surface area contributed by atoms with E-state index >= 15 is 0 Å². The fourth-order valence-electron chi connectivity index (χ4n) is 3.73. The van der Waals surface area contributed by atoms with Gasteiger partial charge in [-0.15, -0.1) is 0 Å². The van der Waals surface area contributed by atoms with E-state index in [1.54, 1.807) is 18.2 Å². The second kappa shape index (κ2) is 5.06. The van der Waals surface area contributed by atoms with Crippen LogP contribution in [0.15, 0.2) is 18.2 Å². The second-order valence-corrected chi connectivity index (χ2v) is 6.39. The largest absolute Gasteiger partial charge is 0.399 e. The van der Waals surface area contributed by atoms with E-state index in [9.17, 15) is 9.59 Å². The third-order valence-electron chi connectivity index (χ3n) is 4.69. The van der Waals surface area contributed by atoms with Gasteiger partial charge in [-0.1, -0.05) is 19.3 Å². The van der Waals surface area contributed by atoms with E-state index in [1.165, 1.54) is 11.3 Å². The smallest absolute Gasteiger partial charge is 0.234 e. The maximum absolute atomic E-state index is 12.5. The topological polar surface area (TPSA) is 89.4 Å². The van der Waals surface area contributed by atoms with E-state index in [0.29, 0.717) is 29.9 Å². The van der Waals surface area contributed by atoms with E-state index in [0.717, 1.165) is 25.7 Å². The number of nitrogens with two attached hydrogens (primary N) is 2. The van der Waals surface area contributed by atoms with Gasteiger partial charge in [0.1, 0.15) is 0 Å². The van der Waals surface area contributed by atoms with Gasteiger partial charge in [-0.3, -0.25) is 14.5 Å². The maximum Gasteiger partial charge on any atom is 0.234 e. The molecule has 3 rings (SSSR count). The molecule has 5 heteroatoms. The summed E-state index contributed by atoms with van der Waals surface area (Å²) in [5.74, 6) is -0.253. The number of anilines is 3. The van der Waals surface area contributed by atoms with Gasteiger partial charge in [0.2, 0.25) is 11.8 Å². The monoisotopic (exact) mass is 287 g/mol. The lowest BCUT2D eigenvalue weighted by molar-refractivity contribution is -0.134. The molecule has 0 bridgehead atoms. The maximum atomic E-state index is 12.5. The molecule has 112 valence electrons. The van der Waals surface area contributed by atoms with Crippen molar-refractivity contribution in [2.24, 2.45) is 5.41 Å². The molecule has 0 unspecified atom stereocenters. The Kier molecular flexibility index (Phi) is 3.35. The number of nitrogen functional groups attached to an aromatic ring is 2. The van der Waals surface area contributed by atoms with Crippen molar-refractivity contribution in [1.82, 2.24) is 0 Å². The highest BCUT2D eigenvalue weighted by atomic mass is 16.2. The quantitative estimate of drug-likeness (QED) is 0.613. The van der Waals surface area contributed by atoms with Crippen molar-refractivity contribution in [3.8, 4) is 0 Å². The van der Waals surface area contributed by atoms with Crippen molar-refractivity contribution in [2.45, 2.75) is 44.9 Å². The van der Waals surface area contributed by atoms with Gasteiger partial charge < -0.3 is 11.5 Å². The lowest BCUT2D eigenvalue weighted by Crippen LogP contribution is -2.48. The summed E-state index contributed by atoms with van der Waals surface area (Å²) in [7, 11) is 0. The summed E-state index contributed by atoms with van der Waals surface area (Å²) < 4.78 is 0. The van der Waals surface area contributed by atoms with Crippen molar-refractivity contribution in [2.75, 3.05) is 16.4 Å². The fourth-order valence-corrected chi connectivity index (χ4v) is 3.73. The molecule has 21 heavy (non-hydrogen) atoms. The summed E-state index contributed by atoms with van der Waals surface area (Å²) in [5, 5.41) is 0. The number of hydrogen-bond donors (Lipinski definition) is 2. The van der Waals surface area contributed by atoms with Gasteiger partial charge in [0, 0.05) is 24.2 Å². The Balaban J connectivity index is 1.88. The molecule has 5 nitrogen and oxygen atoms in total. The van der Waals surface area contributed by atoms with Crippen LogP contribution in [0, 0.1) is 5.41 Å². The number of carbonyl (C=O) groups is 2. The molecule has 2 amide bonds. The van der Waals surface area contributed by atoms with E-state index in [1.807, 2.05) is 0 Å². The van der Waals surface area contributed by atoms with Crippen LogP contribution in [-0.4, -0.2) is 11.8 Å². The number of benzene rings is 1. The summed E-state index contributed by atoms with van der Waals surface area (Å²) in [5.41, 5.74) is 12.8. The van der Waals surface area contributed by atoms with Gasteiger partial charge in [-0.05, 0) is 36.5 Å². The molecular weight excluding hydrogens is 266 g/mol. The third-order valence-corrected chi connectivity index (χ3v) is 4.69. The summed E-state index contributed by atoms with van der Waals surface area (Å²) in [6, 6.07) is 4.88. The molecule has 2 fully saturated rings. The first-order chi connectivity index (χ1) is 9.99. The van der Waals surface area contributed by atoms with Crippen LogP contribution < -0.4 is 16.4 Å². The van der Waals surface area contributed by atoms with Crippen LogP contribution in [0.25, 0.3) is 0 Å². The molecule has 1 heterocycles. The van der Waals surface area contributed by atoms with Crippen LogP contribution in [0.1, 0.15) is 44.9 Å². The van der Waals surface area contributed by atoms with Crippen LogP contribution in [-0.2, 0) is 9.59 Å². The lowest BCUT2D eigenvalue weighted by atomic mass is 9.67. The summed E-state index contributed by atoms with van der Waals surface area (Å²) >= 11 is 0. The average Bonchev–Trinajstić information content (AvgIpc) is 2.37. The third kappa shape index (κ3) is 2.60. The molecule has 1 aliphatic heterocycles. The van der Waals surface area contributed by atoms with Crippen molar-refractivity contribution in [3.63, 3.8) is 0 Å². The minimum atomic E-state index is -0.127. The van der Waals surface area contributed by atoms with Gasteiger partial charge >= 0.3 is 0 Å². The minimum absolute atomic E-state index is 0.102. The zero-order valence-corrected chi connectivity index (χ0v) is 12.1. The normalized spacial score (nSPS) is 21.8. The molecule has 0 aromatic heterocycles. The Hall–Kier alpha value is -2.04. The summed E-state index contributed by atoms with van der Waals surface area (Å²) in [6.07, 6.45) is 6.31. The summed E-state index contributed by atoms with van der Waals surface area (Å²) in [6.45, 7) is 0. The average molecular weight is 287 g/mol. The van der Waals surface area contributed by atoms with Crippen LogP contribution >= 0.6 is 0 Å². The molecule has 0 atom stereocenters. The number of piperidine rings is 1. The van der Waals surface area contributed by atoms with E-state index in [4.69, 9.17) is 11.5 Å². The van der Waals surface area contributed by atoms with Crippen molar-refractivity contribution >= 4 is 28.9 Å². The van der Waals surface area contributed by atoms with Gasteiger partial charge in [0.15, 0.2) is 0 Å². The molecule has 1 aromatic rings. The first kappa shape index (κ1) is 13.9. The lowest BCUT2D eigenvalue weighted by Gasteiger charge is -2.42. The molecule has 1 aromatic carbocycles. The van der Waals surface area contributed by atoms with E-state index < -0.39 is 0 Å². The predicted octanol–water partition coefficient (Wildman–Crippen LogP) is 2.45. The standard InChI is InChI=1S/C16H21N3O2/c17-11-6-12(18)8-13(7-11)19-14(20)9-16(10-15(19)21)4-2-1-3-5-16/h6-8H,1-5,9-10,17-18H2. The van der Waals surface area contributed by atoms with Crippen molar-refractivity contribution in [1.29, 1.82) is 0 Å². The van der Waals surface area contributed by atoms with Crippen LogP contribution in [0.5, 0.6) is 0 Å². The Morgan fingerprint density at radius 2 is 1.38 bits per heavy atom. The Bertz CT molecular complexity index is 551. The van der Waals surface area contributed by atoms with Crippen molar-refractivity contribution < 1.29 is 9.59 Å². The Labute approximate surface area is 124 Å². The molecule has 4 N–H and O–H groups in total. The van der Waals surface area contributed by atoms with Crippen molar-refractivity contribution in [3.05, 3.63) is 18.2 Å². The molecular formula is C16H21N3O2. The number of carbonyl (C=O) groups excluding carboxylic acids is 2. The number of nitrogens with zero attached hydrogens (tertiary/aromatic N) is 1. The number of hydrogen-bond acceptors (Lipinski definition) is 4. The van der Waals surface area contributed by atoms with Gasteiger partial charge in [-0.25, -0.2) is 0 Å². The zero-order chi connectivity index (χ0) is 15.0. The first-order valence-electron chi connectivity index (χ1n) is 7.51. The van der Waals surface area contributed by atoms with Gasteiger partial charge in [-0.2, -0.15) is 0 Å². The highest BCUT2D eigenvalue weighted by Crippen LogP contribution is 2.46. The van der Waals surface area contributed by atoms with E-state index in [2.05, 4.69) is 0 Å². The molecule has 2 aliphatic rings. The van der Waals surface area contributed by atoms with Crippen LogP contribution in [0.4, 0.5) is 17.1 Å². The second-order valence-electron chi connectivity index (χ2n) is 6.39. The Morgan fingerprint density at radius 1 is 0.857 bits per heavy atom. The first-order valence-corrected chi connectivity index (χ1v) is 7.51. The molecule has 1 aliphatic carbocycles.